The van der Waals surface area contributed by atoms with Crippen molar-refractivity contribution in [2.75, 3.05) is 0 Å². The number of imidazole rings is 1. The molecule has 5 rings (SSSR count). The van der Waals surface area contributed by atoms with E-state index in [9.17, 15) is 15.0 Å². The minimum atomic E-state index is -1.12. The molecule has 0 aliphatic rings. The van der Waals surface area contributed by atoms with Gasteiger partial charge in [-0.15, -0.1) is 0 Å². The molecule has 0 unspecified atom stereocenters. The highest BCUT2D eigenvalue weighted by atomic mass is 19.1. The lowest BCUT2D eigenvalue weighted by molar-refractivity contribution is 0.0696. The number of halogens is 1. The van der Waals surface area contributed by atoms with Crippen LogP contribution in [0.3, 0.4) is 0 Å². The summed E-state index contributed by atoms with van der Waals surface area (Å²) in [5.41, 5.74) is 3.65. The molecular weight excluding hydrogens is 431 g/mol. The molecule has 0 saturated heterocycles. The van der Waals surface area contributed by atoms with Gasteiger partial charge in [0.2, 0.25) is 0 Å². The lowest BCUT2D eigenvalue weighted by atomic mass is 9.82. The Morgan fingerprint density at radius 2 is 1.71 bits per heavy atom. The molecule has 1 aromatic heterocycles. The van der Waals surface area contributed by atoms with Crippen molar-refractivity contribution in [2.24, 2.45) is 0 Å². The first-order chi connectivity index (χ1) is 16.1. The van der Waals surface area contributed by atoms with E-state index >= 15 is 4.39 Å². The minimum Gasteiger partial charge on any atom is -0.507 e. The van der Waals surface area contributed by atoms with Gasteiger partial charge in [0.05, 0.1) is 16.5 Å². The van der Waals surface area contributed by atoms with Crippen LogP contribution >= 0.6 is 0 Å². The molecule has 0 aliphatic heterocycles. The van der Waals surface area contributed by atoms with Crippen LogP contribution in [-0.4, -0.2) is 26.2 Å². The Morgan fingerprint density at radius 3 is 2.38 bits per heavy atom. The van der Waals surface area contributed by atoms with E-state index in [0.717, 1.165) is 16.7 Å². The van der Waals surface area contributed by atoms with Crippen LogP contribution in [0.25, 0.3) is 44.3 Å². The smallest absolute Gasteiger partial charge is 0.335 e. The van der Waals surface area contributed by atoms with Gasteiger partial charge in [-0.2, -0.15) is 0 Å². The van der Waals surface area contributed by atoms with Crippen molar-refractivity contribution in [2.45, 2.75) is 26.2 Å². The zero-order valence-electron chi connectivity index (χ0n) is 19.0. The molecule has 0 radical (unpaired) electrons. The van der Waals surface area contributed by atoms with Crippen molar-refractivity contribution in [3.05, 3.63) is 83.7 Å². The normalized spacial score (nSPS) is 11.9. The van der Waals surface area contributed by atoms with E-state index in [-0.39, 0.29) is 22.5 Å². The molecule has 0 saturated carbocycles. The highest BCUT2D eigenvalue weighted by Crippen LogP contribution is 2.39. The number of phenolic OH excluding ortho intramolecular Hbond substituents is 1. The summed E-state index contributed by atoms with van der Waals surface area (Å²) in [4.78, 5) is 19.5. The number of nitrogens with zero attached hydrogens (tertiary/aromatic N) is 1. The molecule has 1 heterocycles. The maximum Gasteiger partial charge on any atom is 0.335 e. The van der Waals surface area contributed by atoms with Crippen molar-refractivity contribution in [3.8, 4) is 28.3 Å². The van der Waals surface area contributed by atoms with Gasteiger partial charge in [-0.1, -0.05) is 57.2 Å². The predicted molar refractivity (Wildman–Crippen MR) is 132 cm³/mol. The van der Waals surface area contributed by atoms with Crippen molar-refractivity contribution >= 4 is 27.8 Å². The number of H-pyrrole nitrogens is 1. The van der Waals surface area contributed by atoms with Crippen LogP contribution in [0.4, 0.5) is 4.39 Å². The van der Waals surface area contributed by atoms with Crippen LogP contribution in [0.15, 0.2) is 66.7 Å². The number of hydrogen-bond donors (Lipinski definition) is 3. The largest absolute Gasteiger partial charge is 0.507 e. The van der Waals surface area contributed by atoms with Crippen LogP contribution in [0.2, 0.25) is 0 Å². The topological polar surface area (TPSA) is 86.2 Å². The van der Waals surface area contributed by atoms with Gasteiger partial charge in [0.15, 0.2) is 0 Å². The number of fused-ring (bicyclic) bond motifs is 3. The highest BCUT2D eigenvalue weighted by Gasteiger charge is 2.24. The SMILES string of the molecule is CC(C)(C)c1cc(F)c(-c2ccccc2)cc1-c1nc2c(ccc3cc(C(=O)O)cc(O)c32)[nH]1. The zero-order valence-corrected chi connectivity index (χ0v) is 19.0. The van der Waals surface area contributed by atoms with Crippen LogP contribution in [0.5, 0.6) is 5.75 Å². The van der Waals surface area contributed by atoms with Gasteiger partial charge in [0.1, 0.15) is 22.9 Å². The first-order valence-electron chi connectivity index (χ1n) is 10.9. The van der Waals surface area contributed by atoms with Crippen molar-refractivity contribution < 1.29 is 19.4 Å². The quantitative estimate of drug-likeness (QED) is 0.277. The Labute approximate surface area is 195 Å². The van der Waals surface area contributed by atoms with Crippen LogP contribution in [-0.2, 0) is 5.41 Å². The van der Waals surface area contributed by atoms with Crippen molar-refractivity contribution in [1.29, 1.82) is 0 Å². The van der Waals surface area contributed by atoms with E-state index in [0.29, 0.717) is 33.2 Å². The second-order valence-corrected chi connectivity index (χ2v) is 9.44. The third kappa shape index (κ3) is 3.57. The molecule has 0 fully saturated rings. The number of benzene rings is 4. The fourth-order valence-corrected chi connectivity index (χ4v) is 4.39. The molecule has 34 heavy (non-hydrogen) atoms. The molecule has 0 amide bonds. The molecule has 0 atom stereocenters. The second kappa shape index (κ2) is 7.70. The number of carboxylic acid groups (broad SMARTS) is 1. The number of hydrogen-bond acceptors (Lipinski definition) is 3. The molecule has 0 aliphatic carbocycles. The van der Waals surface area contributed by atoms with Crippen molar-refractivity contribution in [3.63, 3.8) is 0 Å². The lowest BCUT2D eigenvalue weighted by Gasteiger charge is -2.23. The third-order valence-corrected chi connectivity index (χ3v) is 6.05. The van der Waals surface area contributed by atoms with Gasteiger partial charge in [-0.25, -0.2) is 14.2 Å². The average Bonchev–Trinajstić information content (AvgIpc) is 3.22. The number of aromatic carboxylic acids is 1. The first kappa shape index (κ1) is 21.6. The fourth-order valence-electron chi connectivity index (χ4n) is 4.39. The summed E-state index contributed by atoms with van der Waals surface area (Å²) >= 11 is 0. The highest BCUT2D eigenvalue weighted by molar-refractivity contribution is 6.10. The zero-order chi connectivity index (χ0) is 24.2. The van der Waals surface area contributed by atoms with Crippen LogP contribution in [0, 0.1) is 5.82 Å². The Balaban J connectivity index is 1.79. The standard InChI is InChI=1S/C28H23FN2O3/c1-28(2,3)20-14-21(29)18(15-7-5-4-6-8-15)13-19(20)26-30-22-10-9-16-11-17(27(33)34)12-23(32)24(16)25(22)31-26/h4-14,32H,1-3H3,(H,30,31)(H,33,34). The monoisotopic (exact) mass is 454 g/mol. The minimum absolute atomic E-state index is 0.00108. The van der Waals surface area contributed by atoms with Gasteiger partial charge < -0.3 is 15.2 Å². The Kier molecular flexibility index (Phi) is 4.90. The van der Waals surface area contributed by atoms with Gasteiger partial charge in [-0.3, -0.25) is 0 Å². The van der Waals surface area contributed by atoms with E-state index in [4.69, 9.17) is 4.98 Å². The number of aromatic hydroxyl groups is 1. The third-order valence-electron chi connectivity index (χ3n) is 6.05. The summed E-state index contributed by atoms with van der Waals surface area (Å²) in [6.45, 7) is 6.06. The molecule has 0 spiro atoms. The van der Waals surface area contributed by atoms with Gasteiger partial charge in [-0.05, 0) is 52.3 Å². The summed E-state index contributed by atoms with van der Waals surface area (Å²) in [7, 11) is 0. The number of aromatic amines is 1. The summed E-state index contributed by atoms with van der Waals surface area (Å²) in [5.74, 6) is -1.03. The maximum absolute atomic E-state index is 15.2. The van der Waals surface area contributed by atoms with Gasteiger partial charge in [0.25, 0.3) is 0 Å². The number of carboxylic acids is 1. The number of aromatic nitrogens is 2. The van der Waals surface area contributed by atoms with E-state index < -0.39 is 5.97 Å². The average molecular weight is 455 g/mol. The second-order valence-electron chi connectivity index (χ2n) is 9.44. The number of carbonyl (C=O) groups is 1. The molecule has 5 aromatic rings. The fraction of sp³-hybridized carbons (Fsp3) is 0.143. The van der Waals surface area contributed by atoms with E-state index in [1.54, 1.807) is 18.2 Å². The molecule has 6 heteroatoms. The summed E-state index contributed by atoms with van der Waals surface area (Å²) < 4.78 is 15.2. The number of rotatable bonds is 3. The molecule has 4 aromatic carbocycles. The number of nitrogens with one attached hydrogen (secondary N) is 1. The Hall–Kier alpha value is -4.19. The molecule has 3 N–H and O–H groups in total. The molecule has 170 valence electrons. The van der Waals surface area contributed by atoms with Gasteiger partial charge in [0, 0.05) is 11.1 Å². The predicted octanol–water partition coefficient (Wildman–Crippen LogP) is 6.89. The van der Waals surface area contributed by atoms with Crippen LogP contribution in [0.1, 0.15) is 36.7 Å². The maximum atomic E-state index is 15.2. The Bertz CT molecular complexity index is 1580. The summed E-state index contributed by atoms with van der Waals surface area (Å²) in [6, 6.07) is 19.0. The van der Waals surface area contributed by atoms with Crippen molar-refractivity contribution in [1.82, 2.24) is 9.97 Å². The number of phenols is 1. The molecule has 5 nitrogen and oxygen atoms in total. The van der Waals surface area contributed by atoms with Gasteiger partial charge >= 0.3 is 5.97 Å². The van der Waals surface area contributed by atoms with Crippen LogP contribution < -0.4 is 0 Å². The first-order valence-corrected chi connectivity index (χ1v) is 10.9. The lowest BCUT2D eigenvalue weighted by Crippen LogP contribution is -2.14. The van der Waals surface area contributed by atoms with E-state index in [1.165, 1.54) is 12.1 Å². The van der Waals surface area contributed by atoms with E-state index in [1.807, 2.05) is 57.2 Å². The summed E-state index contributed by atoms with van der Waals surface area (Å²) in [5, 5.41) is 21.0. The molecule has 0 bridgehead atoms. The summed E-state index contributed by atoms with van der Waals surface area (Å²) in [6.07, 6.45) is 0. The van der Waals surface area contributed by atoms with E-state index in [2.05, 4.69) is 4.98 Å². The molecular formula is C28H23FN2O3. The Morgan fingerprint density at radius 1 is 0.971 bits per heavy atom.